The SMILES string of the molecule is O=C(NC[C@@H]1CCCN(C(=O)c2cncs2)C1)c1cccc2ccccc12. The van der Waals surface area contributed by atoms with Crippen molar-refractivity contribution < 1.29 is 9.59 Å². The summed E-state index contributed by atoms with van der Waals surface area (Å²) >= 11 is 1.37. The predicted octanol–water partition coefficient (Wildman–Crippen LogP) is 3.58. The molecule has 27 heavy (non-hydrogen) atoms. The van der Waals surface area contributed by atoms with Crippen LogP contribution >= 0.6 is 11.3 Å². The van der Waals surface area contributed by atoms with Crippen molar-refractivity contribution in [1.29, 1.82) is 0 Å². The van der Waals surface area contributed by atoms with Crippen molar-refractivity contribution in [3.8, 4) is 0 Å². The van der Waals surface area contributed by atoms with Gasteiger partial charge in [0.1, 0.15) is 4.88 Å². The minimum absolute atomic E-state index is 0.0441. The summed E-state index contributed by atoms with van der Waals surface area (Å²) in [5.74, 6) is 0.259. The molecule has 5 nitrogen and oxygen atoms in total. The first-order valence-corrected chi connectivity index (χ1v) is 10.0. The van der Waals surface area contributed by atoms with Gasteiger partial charge in [0, 0.05) is 25.2 Å². The van der Waals surface area contributed by atoms with Crippen molar-refractivity contribution in [2.45, 2.75) is 12.8 Å². The van der Waals surface area contributed by atoms with Crippen LogP contribution in [-0.2, 0) is 0 Å². The number of piperidine rings is 1. The van der Waals surface area contributed by atoms with Gasteiger partial charge in [-0.2, -0.15) is 0 Å². The van der Waals surface area contributed by atoms with Gasteiger partial charge in [-0.25, -0.2) is 0 Å². The van der Waals surface area contributed by atoms with E-state index in [1.165, 1.54) is 11.3 Å². The van der Waals surface area contributed by atoms with Crippen molar-refractivity contribution in [3.63, 3.8) is 0 Å². The first-order chi connectivity index (χ1) is 13.2. The summed E-state index contributed by atoms with van der Waals surface area (Å²) in [6, 6.07) is 13.7. The van der Waals surface area contributed by atoms with Gasteiger partial charge in [0.15, 0.2) is 0 Å². The minimum atomic E-state index is -0.0577. The third kappa shape index (κ3) is 3.85. The molecule has 0 saturated carbocycles. The number of thiazole rings is 1. The predicted molar refractivity (Wildman–Crippen MR) is 107 cm³/mol. The zero-order valence-electron chi connectivity index (χ0n) is 14.9. The van der Waals surface area contributed by atoms with Crippen LogP contribution in [0.4, 0.5) is 0 Å². The molecule has 1 fully saturated rings. The van der Waals surface area contributed by atoms with Crippen molar-refractivity contribution in [1.82, 2.24) is 15.2 Å². The Morgan fingerprint density at radius 3 is 2.89 bits per heavy atom. The second-order valence-corrected chi connectivity index (χ2v) is 7.75. The number of rotatable bonds is 4. The van der Waals surface area contributed by atoms with Crippen LogP contribution in [0.25, 0.3) is 10.8 Å². The van der Waals surface area contributed by atoms with Gasteiger partial charge in [0.2, 0.25) is 0 Å². The fourth-order valence-electron chi connectivity index (χ4n) is 3.65. The molecule has 138 valence electrons. The van der Waals surface area contributed by atoms with E-state index in [0.29, 0.717) is 23.5 Å². The summed E-state index contributed by atoms with van der Waals surface area (Å²) in [4.78, 5) is 31.8. The molecule has 4 rings (SSSR count). The number of likely N-dealkylation sites (tertiary alicyclic amines) is 1. The second kappa shape index (κ2) is 7.88. The van der Waals surface area contributed by atoms with Crippen molar-refractivity contribution in [2.24, 2.45) is 5.92 Å². The number of fused-ring (bicyclic) bond motifs is 1. The summed E-state index contributed by atoms with van der Waals surface area (Å²) in [5.41, 5.74) is 2.38. The van der Waals surface area contributed by atoms with E-state index in [-0.39, 0.29) is 17.7 Å². The van der Waals surface area contributed by atoms with Gasteiger partial charge >= 0.3 is 0 Å². The molecule has 2 heterocycles. The highest BCUT2D eigenvalue weighted by Crippen LogP contribution is 2.21. The molecule has 1 aliphatic heterocycles. The lowest BCUT2D eigenvalue weighted by atomic mass is 9.97. The van der Waals surface area contributed by atoms with E-state index >= 15 is 0 Å². The Morgan fingerprint density at radius 1 is 1.19 bits per heavy atom. The highest BCUT2D eigenvalue weighted by Gasteiger charge is 2.25. The van der Waals surface area contributed by atoms with Gasteiger partial charge in [0.05, 0.1) is 11.7 Å². The molecule has 1 aromatic heterocycles. The van der Waals surface area contributed by atoms with Gasteiger partial charge in [-0.1, -0.05) is 36.4 Å². The van der Waals surface area contributed by atoms with Crippen molar-refractivity contribution in [2.75, 3.05) is 19.6 Å². The van der Waals surface area contributed by atoms with Crippen LogP contribution in [0.15, 0.2) is 54.2 Å². The molecular weight excluding hydrogens is 358 g/mol. The summed E-state index contributed by atoms with van der Waals surface area (Å²) in [7, 11) is 0. The highest BCUT2D eigenvalue weighted by atomic mass is 32.1. The summed E-state index contributed by atoms with van der Waals surface area (Å²) in [5, 5.41) is 5.09. The van der Waals surface area contributed by atoms with Gasteiger partial charge < -0.3 is 10.2 Å². The maximum absolute atomic E-state index is 12.7. The molecule has 1 N–H and O–H groups in total. The van der Waals surface area contributed by atoms with E-state index in [9.17, 15) is 9.59 Å². The number of hydrogen-bond acceptors (Lipinski definition) is 4. The lowest BCUT2D eigenvalue weighted by molar-refractivity contribution is 0.0675. The Hall–Kier alpha value is -2.73. The second-order valence-electron chi connectivity index (χ2n) is 6.86. The lowest BCUT2D eigenvalue weighted by Crippen LogP contribution is -2.43. The number of amides is 2. The van der Waals surface area contributed by atoms with Crippen LogP contribution < -0.4 is 5.32 Å². The van der Waals surface area contributed by atoms with Crippen LogP contribution in [-0.4, -0.2) is 41.3 Å². The van der Waals surface area contributed by atoms with Crippen LogP contribution in [0.1, 0.15) is 32.9 Å². The van der Waals surface area contributed by atoms with Crippen LogP contribution in [0.3, 0.4) is 0 Å². The molecule has 0 bridgehead atoms. The number of carbonyl (C=O) groups is 2. The topological polar surface area (TPSA) is 62.3 Å². The molecule has 3 aromatic rings. The van der Waals surface area contributed by atoms with Gasteiger partial charge in [-0.3, -0.25) is 14.6 Å². The Morgan fingerprint density at radius 2 is 2.04 bits per heavy atom. The zero-order chi connectivity index (χ0) is 18.6. The van der Waals surface area contributed by atoms with E-state index in [2.05, 4.69) is 10.3 Å². The maximum atomic E-state index is 12.7. The fourth-order valence-corrected chi connectivity index (χ4v) is 4.24. The molecule has 1 saturated heterocycles. The van der Waals surface area contributed by atoms with Crippen molar-refractivity contribution in [3.05, 3.63) is 64.6 Å². The average molecular weight is 379 g/mol. The molecule has 1 atom stereocenters. The number of benzene rings is 2. The van der Waals surface area contributed by atoms with Crippen LogP contribution in [0.2, 0.25) is 0 Å². The molecule has 0 spiro atoms. The highest BCUT2D eigenvalue weighted by molar-refractivity contribution is 7.11. The Labute approximate surface area is 162 Å². The quantitative estimate of drug-likeness (QED) is 0.754. The van der Waals surface area contributed by atoms with Gasteiger partial charge in [-0.15, -0.1) is 11.3 Å². The van der Waals surface area contributed by atoms with Crippen LogP contribution in [0, 0.1) is 5.92 Å². The number of nitrogens with zero attached hydrogens (tertiary/aromatic N) is 2. The van der Waals surface area contributed by atoms with Crippen molar-refractivity contribution >= 4 is 33.9 Å². The standard InChI is InChI=1S/C21H21N3O2S/c25-20(18-9-3-7-16-6-1-2-8-17(16)18)23-11-15-5-4-10-24(13-15)21(26)19-12-22-14-27-19/h1-3,6-9,12,14-15H,4-5,10-11,13H2,(H,23,25)/t15-/m0/s1. The number of carbonyl (C=O) groups excluding carboxylic acids is 2. The van der Waals surface area contributed by atoms with E-state index in [1.54, 1.807) is 11.7 Å². The number of nitrogens with one attached hydrogen (secondary N) is 1. The first-order valence-electron chi connectivity index (χ1n) is 9.16. The Balaban J connectivity index is 1.39. The maximum Gasteiger partial charge on any atom is 0.265 e. The van der Waals surface area contributed by atoms with E-state index in [4.69, 9.17) is 0 Å². The fraction of sp³-hybridized carbons (Fsp3) is 0.286. The van der Waals surface area contributed by atoms with E-state index in [0.717, 1.165) is 30.2 Å². The average Bonchev–Trinajstić information content (AvgIpc) is 3.26. The summed E-state index contributed by atoms with van der Waals surface area (Å²) in [6.07, 6.45) is 3.60. The van der Waals surface area contributed by atoms with E-state index < -0.39 is 0 Å². The third-order valence-electron chi connectivity index (χ3n) is 5.03. The molecular formula is C21H21N3O2S. The molecule has 0 radical (unpaired) electrons. The monoisotopic (exact) mass is 379 g/mol. The third-order valence-corrected chi connectivity index (χ3v) is 5.80. The molecule has 6 heteroatoms. The van der Waals surface area contributed by atoms with Gasteiger partial charge in [0.25, 0.3) is 11.8 Å². The molecule has 0 aliphatic carbocycles. The molecule has 1 aliphatic rings. The normalized spacial score (nSPS) is 17.0. The number of hydrogen-bond donors (Lipinski definition) is 1. The van der Waals surface area contributed by atoms with E-state index in [1.807, 2.05) is 47.4 Å². The number of aromatic nitrogens is 1. The zero-order valence-corrected chi connectivity index (χ0v) is 15.7. The van der Waals surface area contributed by atoms with Crippen LogP contribution in [0.5, 0.6) is 0 Å². The minimum Gasteiger partial charge on any atom is -0.352 e. The molecule has 2 amide bonds. The van der Waals surface area contributed by atoms with Gasteiger partial charge in [-0.05, 0) is 35.6 Å². The largest absolute Gasteiger partial charge is 0.352 e. The smallest absolute Gasteiger partial charge is 0.265 e. The first kappa shape index (κ1) is 17.7. The Bertz CT molecular complexity index is 950. The Kier molecular flexibility index (Phi) is 5.16. The molecule has 2 aromatic carbocycles. The molecule has 0 unspecified atom stereocenters. The summed E-state index contributed by atoms with van der Waals surface area (Å²) < 4.78 is 0. The summed E-state index contributed by atoms with van der Waals surface area (Å²) in [6.45, 7) is 2.02. The lowest BCUT2D eigenvalue weighted by Gasteiger charge is -2.32.